The van der Waals surface area contributed by atoms with Gasteiger partial charge in [0, 0.05) is 12.1 Å². The van der Waals surface area contributed by atoms with Crippen LogP contribution < -0.4 is 0 Å². The molecule has 0 N–H and O–H groups in total. The van der Waals surface area contributed by atoms with Crippen molar-refractivity contribution in [3.8, 4) is 0 Å². The lowest BCUT2D eigenvalue weighted by atomic mass is 10.4. The second kappa shape index (κ2) is 6.85. The molecule has 0 amide bonds. The molecule has 3 heteroatoms. The van der Waals surface area contributed by atoms with E-state index in [-0.39, 0.29) is 13.4 Å². The van der Waals surface area contributed by atoms with Crippen molar-refractivity contribution in [1.82, 2.24) is 4.90 Å². The van der Waals surface area contributed by atoms with Crippen LogP contribution in [0, 0.1) is 7.43 Å². The molecular weight excluding hydrogens is 154 g/mol. The highest BCUT2D eigenvalue weighted by Gasteiger charge is 2.01. The van der Waals surface area contributed by atoms with E-state index in [9.17, 15) is 4.79 Å². The van der Waals surface area contributed by atoms with Gasteiger partial charge in [-0.25, -0.2) is 4.79 Å². The van der Waals surface area contributed by atoms with E-state index in [0.29, 0.717) is 12.2 Å². The van der Waals surface area contributed by atoms with Gasteiger partial charge in [-0.05, 0) is 21.0 Å². The fourth-order valence-corrected chi connectivity index (χ4v) is 0.444. The lowest BCUT2D eigenvalue weighted by Crippen LogP contribution is -2.20. The molecule has 0 saturated heterocycles. The van der Waals surface area contributed by atoms with Crippen LogP contribution in [0.5, 0.6) is 0 Å². The van der Waals surface area contributed by atoms with E-state index in [4.69, 9.17) is 4.74 Å². The summed E-state index contributed by atoms with van der Waals surface area (Å²) in [4.78, 5) is 12.7. The van der Waals surface area contributed by atoms with Gasteiger partial charge < -0.3 is 9.64 Å². The standard InChI is InChI=1S/C8H15NO2.CH3/c1-7(2)8(10)11-6-5-9(3)4;/h1,5-6H2,2-4H3;1H3. The number of hydrogen-bond acceptors (Lipinski definition) is 3. The molecule has 71 valence electrons. The Kier molecular flexibility index (Phi) is 7.85. The van der Waals surface area contributed by atoms with Gasteiger partial charge in [0.05, 0.1) is 0 Å². The zero-order chi connectivity index (χ0) is 8.85. The van der Waals surface area contributed by atoms with Crippen LogP contribution in [0.3, 0.4) is 0 Å². The van der Waals surface area contributed by atoms with Crippen molar-refractivity contribution in [2.45, 2.75) is 6.92 Å². The molecule has 3 nitrogen and oxygen atoms in total. The largest absolute Gasteiger partial charge is 0.461 e. The minimum absolute atomic E-state index is 0. The number of carbonyl (C=O) groups excluding carboxylic acids is 1. The summed E-state index contributed by atoms with van der Waals surface area (Å²) in [5.74, 6) is -0.313. The van der Waals surface area contributed by atoms with Crippen LogP contribution >= 0.6 is 0 Å². The fraction of sp³-hybridized carbons (Fsp3) is 0.556. The maximum Gasteiger partial charge on any atom is 0.333 e. The molecule has 1 radical (unpaired) electrons. The number of esters is 1. The van der Waals surface area contributed by atoms with E-state index in [2.05, 4.69) is 6.58 Å². The Morgan fingerprint density at radius 2 is 2.00 bits per heavy atom. The molecule has 0 unspecified atom stereocenters. The summed E-state index contributed by atoms with van der Waals surface area (Å²) in [6.07, 6.45) is 0. The molecule has 0 aromatic heterocycles. The topological polar surface area (TPSA) is 29.5 Å². The van der Waals surface area contributed by atoms with Gasteiger partial charge >= 0.3 is 5.97 Å². The summed E-state index contributed by atoms with van der Waals surface area (Å²) in [5.41, 5.74) is 0.448. The van der Waals surface area contributed by atoms with Crippen molar-refractivity contribution >= 4 is 5.97 Å². The summed E-state index contributed by atoms with van der Waals surface area (Å²) in [7, 11) is 3.85. The highest BCUT2D eigenvalue weighted by atomic mass is 16.5. The van der Waals surface area contributed by atoms with Gasteiger partial charge in [-0.2, -0.15) is 0 Å². The summed E-state index contributed by atoms with van der Waals surface area (Å²) in [6.45, 7) is 6.28. The van der Waals surface area contributed by atoms with E-state index >= 15 is 0 Å². The lowest BCUT2D eigenvalue weighted by molar-refractivity contribution is -0.139. The van der Waals surface area contributed by atoms with Crippen molar-refractivity contribution < 1.29 is 9.53 Å². The Labute approximate surface area is 75.0 Å². The Morgan fingerprint density at radius 1 is 1.50 bits per heavy atom. The van der Waals surface area contributed by atoms with E-state index in [0.717, 1.165) is 6.54 Å². The highest BCUT2D eigenvalue weighted by molar-refractivity contribution is 5.86. The maximum absolute atomic E-state index is 10.8. The number of hydrogen-bond donors (Lipinski definition) is 0. The monoisotopic (exact) mass is 172 g/mol. The Balaban J connectivity index is 0. The Morgan fingerprint density at radius 3 is 2.33 bits per heavy atom. The number of carbonyl (C=O) groups is 1. The number of likely N-dealkylation sites (N-methyl/N-ethyl adjacent to an activating group) is 1. The number of rotatable bonds is 4. The normalized spacial score (nSPS) is 9.00. The van der Waals surface area contributed by atoms with E-state index < -0.39 is 0 Å². The van der Waals surface area contributed by atoms with Crippen molar-refractivity contribution in [2.75, 3.05) is 27.2 Å². The number of ether oxygens (including phenoxy) is 1. The van der Waals surface area contributed by atoms with Gasteiger partial charge in [0.15, 0.2) is 0 Å². The molecular formula is C9H18NO2. The minimum Gasteiger partial charge on any atom is -0.461 e. The zero-order valence-electron chi connectivity index (χ0n) is 8.39. The Hall–Kier alpha value is -0.830. The highest BCUT2D eigenvalue weighted by Crippen LogP contribution is 1.91. The molecule has 0 saturated carbocycles. The lowest BCUT2D eigenvalue weighted by Gasteiger charge is -2.09. The predicted molar refractivity (Wildman–Crippen MR) is 50.7 cm³/mol. The molecule has 0 aromatic carbocycles. The first-order chi connectivity index (χ1) is 5.04. The molecule has 0 aliphatic rings. The van der Waals surface area contributed by atoms with Gasteiger partial charge in [0.2, 0.25) is 0 Å². The molecule has 0 rings (SSSR count). The van der Waals surface area contributed by atoms with Crippen LogP contribution in [0.2, 0.25) is 0 Å². The van der Waals surface area contributed by atoms with Gasteiger partial charge in [-0.3, -0.25) is 0 Å². The first kappa shape index (κ1) is 13.7. The summed E-state index contributed by atoms with van der Waals surface area (Å²) < 4.78 is 4.83. The van der Waals surface area contributed by atoms with Crippen molar-refractivity contribution in [1.29, 1.82) is 0 Å². The van der Waals surface area contributed by atoms with Crippen molar-refractivity contribution in [3.05, 3.63) is 19.6 Å². The van der Waals surface area contributed by atoms with E-state index in [1.165, 1.54) is 0 Å². The van der Waals surface area contributed by atoms with Crippen LogP contribution in [-0.4, -0.2) is 38.1 Å². The molecule has 0 aromatic rings. The zero-order valence-corrected chi connectivity index (χ0v) is 8.39. The summed E-state index contributed by atoms with van der Waals surface area (Å²) in [6, 6.07) is 0. The molecule has 0 aliphatic carbocycles. The molecule has 0 spiro atoms. The van der Waals surface area contributed by atoms with Crippen molar-refractivity contribution in [2.24, 2.45) is 0 Å². The number of nitrogens with zero attached hydrogens (tertiary/aromatic N) is 1. The molecule has 0 atom stereocenters. The third-order valence-corrected chi connectivity index (χ3v) is 1.12. The molecule has 12 heavy (non-hydrogen) atoms. The van der Waals surface area contributed by atoms with Gasteiger partial charge in [0.25, 0.3) is 0 Å². The average Bonchev–Trinajstić information content (AvgIpc) is 1.86. The fourth-order valence-electron chi connectivity index (χ4n) is 0.444. The smallest absolute Gasteiger partial charge is 0.333 e. The summed E-state index contributed by atoms with van der Waals surface area (Å²) in [5, 5.41) is 0. The molecule has 0 aliphatic heterocycles. The van der Waals surface area contributed by atoms with Gasteiger partial charge in [-0.1, -0.05) is 14.0 Å². The van der Waals surface area contributed by atoms with Crippen LogP contribution in [0.15, 0.2) is 12.2 Å². The maximum atomic E-state index is 10.8. The van der Waals surface area contributed by atoms with Crippen molar-refractivity contribution in [3.63, 3.8) is 0 Å². The molecule has 0 fully saturated rings. The third kappa shape index (κ3) is 7.28. The molecule has 0 bridgehead atoms. The average molecular weight is 172 g/mol. The Bertz CT molecular complexity index is 153. The first-order valence-corrected chi connectivity index (χ1v) is 3.51. The van der Waals surface area contributed by atoms with Crippen LogP contribution in [0.1, 0.15) is 6.92 Å². The second-order valence-electron chi connectivity index (χ2n) is 2.72. The van der Waals surface area contributed by atoms with E-state index in [1.54, 1.807) is 6.92 Å². The predicted octanol–water partition coefficient (Wildman–Crippen LogP) is 1.12. The minimum atomic E-state index is -0.313. The SMILES string of the molecule is C=C(C)C(=O)OCCN(C)C.[CH3]. The van der Waals surface area contributed by atoms with Crippen LogP contribution in [-0.2, 0) is 9.53 Å². The third-order valence-electron chi connectivity index (χ3n) is 1.12. The van der Waals surface area contributed by atoms with E-state index in [1.807, 2.05) is 19.0 Å². The second-order valence-corrected chi connectivity index (χ2v) is 2.72. The van der Waals surface area contributed by atoms with Gasteiger partial charge in [-0.15, -0.1) is 0 Å². The van der Waals surface area contributed by atoms with Crippen LogP contribution in [0.4, 0.5) is 0 Å². The quantitative estimate of drug-likeness (QED) is 0.470. The molecule has 0 heterocycles. The summed E-state index contributed by atoms with van der Waals surface area (Å²) >= 11 is 0. The van der Waals surface area contributed by atoms with Gasteiger partial charge in [0.1, 0.15) is 6.61 Å². The first-order valence-electron chi connectivity index (χ1n) is 3.51. The van der Waals surface area contributed by atoms with Crippen LogP contribution in [0.25, 0.3) is 0 Å².